The normalized spacial score (nSPS) is 29.1. The van der Waals surface area contributed by atoms with Crippen LogP contribution in [0.1, 0.15) is 33.1 Å². The number of benzene rings is 1. The first-order valence-corrected chi connectivity index (χ1v) is 6.52. The van der Waals surface area contributed by atoms with Gasteiger partial charge in [-0.1, -0.05) is 6.04 Å². The van der Waals surface area contributed by atoms with Crippen molar-refractivity contribution in [1.82, 2.24) is 14.6 Å². The van der Waals surface area contributed by atoms with Crippen LogP contribution in [0, 0.1) is 0 Å². The Labute approximate surface area is 145 Å². The first-order chi connectivity index (χ1) is 16.6. The van der Waals surface area contributed by atoms with Crippen molar-refractivity contribution in [2.75, 3.05) is 27.5 Å². The monoisotopic (exact) mass is 313 g/mol. The van der Waals surface area contributed by atoms with E-state index in [1.54, 1.807) is 0 Å². The smallest absolute Gasteiger partial charge is 0.215 e. The summed E-state index contributed by atoms with van der Waals surface area (Å²) < 4.78 is 164. The van der Waals surface area contributed by atoms with E-state index in [9.17, 15) is 8.42 Å². The molecule has 2 N–H and O–H groups in total. The maximum Gasteiger partial charge on any atom is 0.215 e. The van der Waals surface area contributed by atoms with Gasteiger partial charge in [-0.15, -0.1) is 0 Å². The van der Waals surface area contributed by atoms with Crippen LogP contribution in [-0.4, -0.2) is 45.8 Å². The van der Waals surface area contributed by atoms with Crippen molar-refractivity contribution in [3.63, 3.8) is 0 Å². The number of nitrogens with one attached hydrogen (secondary N) is 2. The SMILES string of the molecule is [2H]c1c(C([2H])([2H])S(=O)(=O)N([2H])C([2H])([2H])[2H])c([2H])c2c(C([2H])([2H])CN(C([2H])([2H])[2H])C([2H])([2H])[2H])cn([2H])c2c1[2H]. The molecule has 0 fully saturated rings. The summed E-state index contributed by atoms with van der Waals surface area (Å²) in [4.78, 5) is 0.138. The number of hydrogen-bond donors (Lipinski definition) is 2. The molecule has 2 aromatic rings. The Bertz CT molecular complexity index is 1330. The Hall–Kier alpha value is -1.37. The van der Waals surface area contributed by atoms with Gasteiger partial charge in [-0.05, 0) is 50.5 Å². The Morgan fingerprint density at radius 2 is 2.45 bits per heavy atom. The minimum absolute atomic E-state index is 0.157. The van der Waals surface area contributed by atoms with Crippen molar-refractivity contribution in [3.05, 3.63) is 35.5 Å². The third kappa shape index (κ3) is 3.59. The molecule has 0 saturated heterocycles. The average molecular weight is 314 g/mol. The zero-order chi connectivity index (χ0) is 30.2. The Balaban J connectivity index is 2.96. The molecule has 2 rings (SSSR count). The second-order valence-corrected chi connectivity index (χ2v) is 4.91. The lowest BCUT2D eigenvalue weighted by Crippen LogP contribution is -2.20. The fraction of sp³-hybridized carbons (Fsp3) is 0.429. The molecule has 0 bridgehead atoms. The first kappa shape index (κ1) is 4.09. The van der Waals surface area contributed by atoms with Gasteiger partial charge >= 0.3 is 0 Å². The predicted molar refractivity (Wildman–Crippen MR) is 82.2 cm³/mol. The van der Waals surface area contributed by atoms with E-state index >= 15 is 0 Å². The minimum atomic E-state index is -5.84. The Kier molecular flexibility index (Phi) is 1.22. The highest BCUT2D eigenvalue weighted by molar-refractivity contribution is 7.88. The highest BCUT2D eigenvalue weighted by atomic mass is 32.2. The first-order valence-electron chi connectivity index (χ1n) is 14.0. The molecule has 110 valence electrons. The van der Waals surface area contributed by atoms with E-state index in [2.05, 4.69) is 0 Å². The van der Waals surface area contributed by atoms with Gasteiger partial charge in [0.15, 0.2) is 1.41 Å². The number of likely N-dealkylation sites (N-methyl/N-ethyl adjacent to an activating group) is 1. The highest BCUT2D eigenvalue weighted by Crippen LogP contribution is 2.21. The predicted octanol–water partition coefficient (Wildman–Crippen LogP) is 1.32. The van der Waals surface area contributed by atoms with Gasteiger partial charge in [0.05, 0.1) is 9.82 Å². The molecule has 0 radical (unpaired) electrons. The molecule has 1 aromatic carbocycles. The van der Waals surface area contributed by atoms with E-state index in [0.29, 0.717) is 11.2 Å². The van der Waals surface area contributed by atoms with Gasteiger partial charge in [0.1, 0.15) is 1.41 Å². The Morgan fingerprint density at radius 3 is 3.20 bits per heavy atom. The van der Waals surface area contributed by atoms with Crippen LogP contribution < -0.4 is 4.72 Å². The second-order valence-electron chi connectivity index (χ2n) is 3.58. The van der Waals surface area contributed by atoms with Crippen LogP contribution in [-0.2, 0) is 22.1 Å². The zero-order valence-electron chi connectivity index (χ0n) is 27.9. The molecule has 0 aliphatic carbocycles. The van der Waals surface area contributed by atoms with Crippen molar-refractivity contribution in [1.29, 1.82) is 0 Å². The van der Waals surface area contributed by atoms with Gasteiger partial charge in [0, 0.05) is 41.5 Å². The van der Waals surface area contributed by atoms with E-state index in [1.807, 2.05) is 0 Å². The van der Waals surface area contributed by atoms with Crippen molar-refractivity contribution < 1.29 is 33.2 Å². The molecule has 1 heterocycles. The van der Waals surface area contributed by atoms with Gasteiger partial charge < -0.3 is 9.88 Å². The molecular formula is C14H21N3O2S. The number of fused-ring (bicyclic) bond motifs is 1. The molecule has 5 nitrogen and oxygen atoms in total. The van der Waals surface area contributed by atoms with Gasteiger partial charge in [0.2, 0.25) is 10.0 Å². The topological polar surface area (TPSA) is 65.2 Å². The lowest BCUT2D eigenvalue weighted by molar-refractivity contribution is 0.414. The van der Waals surface area contributed by atoms with Crippen molar-refractivity contribution >= 4 is 20.9 Å². The molecule has 0 amide bonds. The number of rotatable bonds is 6. The van der Waals surface area contributed by atoms with E-state index in [4.69, 9.17) is 24.8 Å². The molecule has 20 heavy (non-hydrogen) atoms. The summed E-state index contributed by atoms with van der Waals surface area (Å²) in [6.45, 7) is -11.8. The van der Waals surface area contributed by atoms with Crippen LogP contribution in [0.2, 0.25) is 2.82 Å². The zero-order valence-corrected chi connectivity index (χ0v) is 10.7. The summed E-state index contributed by atoms with van der Waals surface area (Å²) in [6, 6.07) is -3.62. The van der Waals surface area contributed by atoms with Crippen molar-refractivity contribution in [3.8, 4) is 0 Å². The third-order valence-electron chi connectivity index (χ3n) is 2.16. The van der Waals surface area contributed by atoms with Crippen LogP contribution >= 0.6 is 0 Å². The highest BCUT2D eigenvalue weighted by Gasteiger charge is 2.11. The minimum Gasteiger partial charge on any atom is -0.361 e. The second kappa shape index (κ2) is 5.95. The van der Waals surface area contributed by atoms with E-state index < -0.39 is 94.4 Å². The number of aromatic nitrogens is 1. The van der Waals surface area contributed by atoms with E-state index in [1.165, 1.54) is 0 Å². The van der Waals surface area contributed by atoms with E-state index in [0.717, 1.165) is 0 Å². The summed E-state index contributed by atoms with van der Waals surface area (Å²) >= 11 is 0. The van der Waals surface area contributed by atoms with Crippen LogP contribution in [0.15, 0.2) is 24.3 Å². The van der Waals surface area contributed by atoms with Gasteiger partial charge in [-0.2, -0.15) is 0 Å². The van der Waals surface area contributed by atoms with Crippen LogP contribution in [0.4, 0.5) is 0 Å². The molecule has 0 saturated carbocycles. The van der Waals surface area contributed by atoms with Crippen molar-refractivity contribution in [2.24, 2.45) is 0 Å². The quantitative estimate of drug-likeness (QED) is 0.845. The van der Waals surface area contributed by atoms with Gasteiger partial charge in [-0.3, -0.25) is 0 Å². The summed E-state index contributed by atoms with van der Waals surface area (Å²) in [5.74, 6) is 0. The lowest BCUT2D eigenvalue weighted by atomic mass is 10.1. The molecular weight excluding hydrogens is 274 g/mol. The molecule has 0 aliphatic rings. The largest absolute Gasteiger partial charge is 0.361 e. The summed E-state index contributed by atoms with van der Waals surface area (Å²) in [5, 5.41) is -0.818. The molecule has 6 heteroatoms. The maximum atomic E-state index is 12.7. The standard InChI is InChI=1S/C14H21N3O2S/c1-15-20(18,19)10-11-4-5-14-13(8-11)12(9-16-14)6-7-17(2)3/h4-5,8-9,15-16H,6-7,10H2,1-3H3/i1D3,2D3,3D3,4D,5D,6D2,8D,10D2/hD2. The molecule has 0 aliphatic heterocycles. The number of hydrogen-bond acceptors (Lipinski definition) is 3. The van der Waals surface area contributed by atoms with E-state index in [-0.39, 0.29) is 4.90 Å². The lowest BCUT2D eigenvalue weighted by Gasteiger charge is -2.08. The molecule has 0 unspecified atom stereocenters. The third-order valence-corrected chi connectivity index (χ3v) is 2.87. The fourth-order valence-electron chi connectivity index (χ4n) is 1.39. The molecule has 0 spiro atoms. The maximum absolute atomic E-state index is 12.7. The van der Waals surface area contributed by atoms with Crippen LogP contribution in [0.3, 0.4) is 0 Å². The summed E-state index contributed by atoms with van der Waals surface area (Å²) in [6.07, 6.45) is -2.40. The number of nitrogens with zero attached hydrogens (tertiary/aromatic N) is 1. The van der Waals surface area contributed by atoms with Crippen LogP contribution in [0.25, 0.3) is 10.9 Å². The molecule has 0 atom stereocenters. The van der Waals surface area contributed by atoms with Gasteiger partial charge in [-0.25, -0.2) is 13.1 Å². The number of aromatic amines is 1. The van der Waals surface area contributed by atoms with Crippen LogP contribution in [0.5, 0.6) is 0 Å². The summed E-state index contributed by atoms with van der Waals surface area (Å²) in [5.41, 5.74) is -6.93. The summed E-state index contributed by atoms with van der Waals surface area (Å²) in [7, 11) is -5.84. The molecule has 1 aromatic heterocycles. The number of sulfonamides is 1. The van der Waals surface area contributed by atoms with Gasteiger partial charge in [0.25, 0.3) is 0 Å². The van der Waals surface area contributed by atoms with Crippen molar-refractivity contribution in [2.45, 2.75) is 12.1 Å². The fourth-order valence-corrected chi connectivity index (χ4v) is 1.79. The number of H-pyrrole nitrogens is 1. The Morgan fingerprint density at radius 1 is 1.60 bits per heavy atom. The average Bonchev–Trinajstić information content (AvgIpc) is 3.06.